The van der Waals surface area contributed by atoms with Gasteiger partial charge in [-0.25, -0.2) is 0 Å². The van der Waals surface area contributed by atoms with E-state index in [0.717, 1.165) is 11.1 Å². The molecule has 1 N–H and O–H groups in total. The second-order valence-corrected chi connectivity index (χ2v) is 4.91. The highest BCUT2D eigenvalue weighted by Gasteiger charge is 2.12. The number of ether oxygens (including phenoxy) is 2. The lowest BCUT2D eigenvalue weighted by molar-refractivity contribution is 0.0950. The molecule has 0 aliphatic heterocycles. The number of amides is 1. The molecule has 0 bridgehead atoms. The molecule has 5 nitrogen and oxygen atoms in total. The number of pyridine rings is 1. The normalized spacial score (nSPS) is 10.0. The molecule has 23 heavy (non-hydrogen) atoms. The summed E-state index contributed by atoms with van der Waals surface area (Å²) >= 11 is 0. The Labute approximate surface area is 136 Å². The molecule has 0 saturated heterocycles. The summed E-state index contributed by atoms with van der Waals surface area (Å²) in [4.78, 5) is 16.0. The highest BCUT2D eigenvalue weighted by Crippen LogP contribution is 2.33. The minimum atomic E-state index is -0.168. The maximum Gasteiger partial charge on any atom is 0.253 e. The number of benzene rings is 1. The fourth-order valence-electron chi connectivity index (χ4n) is 2.30. The molecule has 0 atom stereocenters. The monoisotopic (exact) mass is 312 g/mol. The van der Waals surface area contributed by atoms with Gasteiger partial charge in [0.15, 0.2) is 11.5 Å². The van der Waals surface area contributed by atoms with Crippen LogP contribution in [0.1, 0.15) is 21.5 Å². The Hall–Kier alpha value is -2.82. The number of allylic oxidation sites excluding steroid dienone is 1. The topological polar surface area (TPSA) is 60.5 Å². The van der Waals surface area contributed by atoms with Crippen molar-refractivity contribution in [2.75, 3.05) is 14.2 Å². The lowest BCUT2D eigenvalue weighted by Gasteiger charge is -2.14. The predicted molar refractivity (Wildman–Crippen MR) is 88.9 cm³/mol. The van der Waals surface area contributed by atoms with Crippen LogP contribution in [0.25, 0.3) is 0 Å². The third kappa shape index (κ3) is 4.10. The van der Waals surface area contributed by atoms with Crippen LogP contribution in [-0.4, -0.2) is 25.1 Å². The molecule has 0 saturated carbocycles. The minimum absolute atomic E-state index is 0.168. The van der Waals surface area contributed by atoms with Crippen molar-refractivity contribution < 1.29 is 14.3 Å². The first-order valence-electron chi connectivity index (χ1n) is 7.22. The molecule has 2 rings (SSSR count). The van der Waals surface area contributed by atoms with Crippen molar-refractivity contribution in [2.45, 2.75) is 13.0 Å². The highest BCUT2D eigenvalue weighted by atomic mass is 16.5. The lowest BCUT2D eigenvalue weighted by atomic mass is 10.1. The highest BCUT2D eigenvalue weighted by molar-refractivity contribution is 5.93. The zero-order valence-electron chi connectivity index (χ0n) is 13.3. The van der Waals surface area contributed by atoms with Crippen molar-refractivity contribution in [3.05, 3.63) is 66.0 Å². The van der Waals surface area contributed by atoms with E-state index in [-0.39, 0.29) is 5.91 Å². The number of rotatable bonds is 7. The van der Waals surface area contributed by atoms with Crippen LogP contribution in [0.5, 0.6) is 11.5 Å². The van der Waals surface area contributed by atoms with Gasteiger partial charge in [-0.1, -0.05) is 6.08 Å². The van der Waals surface area contributed by atoms with E-state index in [9.17, 15) is 4.79 Å². The van der Waals surface area contributed by atoms with Gasteiger partial charge in [0.25, 0.3) is 5.91 Å². The van der Waals surface area contributed by atoms with Crippen LogP contribution in [0, 0.1) is 0 Å². The maximum atomic E-state index is 12.1. The molecule has 2 aromatic rings. The Kier molecular flexibility index (Phi) is 5.74. The van der Waals surface area contributed by atoms with Gasteiger partial charge in [0.05, 0.1) is 19.8 Å². The minimum Gasteiger partial charge on any atom is -0.493 e. The molecule has 0 aliphatic carbocycles. The van der Waals surface area contributed by atoms with Gasteiger partial charge < -0.3 is 14.8 Å². The van der Waals surface area contributed by atoms with E-state index in [1.54, 1.807) is 38.6 Å². The van der Waals surface area contributed by atoms with Crippen LogP contribution in [0.2, 0.25) is 0 Å². The van der Waals surface area contributed by atoms with Crippen LogP contribution >= 0.6 is 0 Å². The van der Waals surface area contributed by atoms with Crippen molar-refractivity contribution in [3.63, 3.8) is 0 Å². The van der Waals surface area contributed by atoms with Gasteiger partial charge in [-0.2, -0.15) is 0 Å². The average molecular weight is 312 g/mol. The third-order valence-corrected chi connectivity index (χ3v) is 3.36. The summed E-state index contributed by atoms with van der Waals surface area (Å²) in [6.07, 6.45) is 5.62. The number of carbonyl (C=O) groups is 1. The maximum absolute atomic E-state index is 12.1. The molecule has 0 fully saturated rings. The Balaban J connectivity index is 2.18. The van der Waals surface area contributed by atoms with Gasteiger partial charge in [0.2, 0.25) is 0 Å². The van der Waals surface area contributed by atoms with Crippen molar-refractivity contribution in [3.8, 4) is 11.5 Å². The summed E-state index contributed by atoms with van der Waals surface area (Å²) < 4.78 is 10.8. The first kappa shape index (κ1) is 16.5. The Bertz CT molecular complexity index is 684. The standard InChI is InChI=1S/C18H20N2O3/c1-4-6-14-9-13(10-16(22-2)17(14)23-3)11-20-18(21)15-7-5-8-19-12-15/h4-5,7-10,12H,1,6,11H2,2-3H3,(H,20,21). The third-order valence-electron chi connectivity index (χ3n) is 3.36. The van der Waals surface area contributed by atoms with Gasteiger partial charge in [0, 0.05) is 24.5 Å². The fraction of sp³-hybridized carbons (Fsp3) is 0.222. The van der Waals surface area contributed by atoms with Crippen molar-refractivity contribution in [1.82, 2.24) is 10.3 Å². The van der Waals surface area contributed by atoms with Crippen molar-refractivity contribution >= 4 is 5.91 Å². The van der Waals surface area contributed by atoms with Gasteiger partial charge in [-0.05, 0) is 36.2 Å². The number of methoxy groups -OCH3 is 2. The summed E-state index contributed by atoms with van der Waals surface area (Å²) in [5.41, 5.74) is 2.42. The first-order valence-corrected chi connectivity index (χ1v) is 7.22. The summed E-state index contributed by atoms with van der Waals surface area (Å²) in [6, 6.07) is 7.29. The molecule has 0 radical (unpaired) electrons. The van der Waals surface area contributed by atoms with Gasteiger partial charge >= 0.3 is 0 Å². The van der Waals surface area contributed by atoms with Crippen molar-refractivity contribution in [2.24, 2.45) is 0 Å². The smallest absolute Gasteiger partial charge is 0.253 e. The lowest BCUT2D eigenvalue weighted by Crippen LogP contribution is -2.23. The number of hydrogen-bond donors (Lipinski definition) is 1. The molecule has 1 aromatic heterocycles. The average Bonchev–Trinajstić information content (AvgIpc) is 2.60. The molecule has 0 aliphatic rings. The molecular formula is C18H20N2O3. The molecule has 0 spiro atoms. The number of aromatic nitrogens is 1. The largest absolute Gasteiger partial charge is 0.493 e. The summed E-state index contributed by atoms with van der Waals surface area (Å²) in [6.45, 7) is 4.14. The fourth-order valence-corrected chi connectivity index (χ4v) is 2.30. The molecule has 5 heteroatoms. The summed E-state index contributed by atoms with van der Waals surface area (Å²) in [7, 11) is 3.20. The zero-order chi connectivity index (χ0) is 16.7. The predicted octanol–water partition coefficient (Wildman–Crippen LogP) is 2.76. The van der Waals surface area contributed by atoms with Gasteiger partial charge in [0.1, 0.15) is 0 Å². The molecule has 1 heterocycles. The van der Waals surface area contributed by atoms with Gasteiger partial charge in [-0.3, -0.25) is 9.78 Å². The van der Waals surface area contributed by atoms with E-state index in [4.69, 9.17) is 9.47 Å². The Morgan fingerprint density at radius 1 is 1.35 bits per heavy atom. The number of hydrogen-bond acceptors (Lipinski definition) is 4. The second-order valence-electron chi connectivity index (χ2n) is 4.91. The van der Waals surface area contributed by atoms with Crippen LogP contribution in [0.4, 0.5) is 0 Å². The van der Waals surface area contributed by atoms with E-state index in [1.807, 2.05) is 12.1 Å². The zero-order valence-corrected chi connectivity index (χ0v) is 13.3. The van der Waals surface area contributed by atoms with E-state index in [2.05, 4.69) is 16.9 Å². The van der Waals surface area contributed by atoms with Crippen LogP contribution in [0.15, 0.2) is 49.3 Å². The van der Waals surface area contributed by atoms with Crippen LogP contribution < -0.4 is 14.8 Å². The van der Waals surface area contributed by atoms with E-state index < -0.39 is 0 Å². The SMILES string of the molecule is C=CCc1cc(CNC(=O)c2cccnc2)cc(OC)c1OC. The van der Waals surface area contributed by atoms with E-state index >= 15 is 0 Å². The van der Waals surface area contributed by atoms with Crippen LogP contribution in [0.3, 0.4) is 0 Å². The Morgan fingerprint density at radius 3 is 2.78 bits per heavy atom. The molecule has 0 unspecified atom stereocenters. The van der Waals surface area contributed by atoms with Crippen LogP contribution in [-0.2, 0) is 13.0 Å². The van der Waals surface area contributed by atoms with Crippen molar-refractivity contribution in [1.29, 1.82) is 0 Å². The quantitative estimate of drug-likeness (QED) is 0.799. The van der Waals surface area contributed by atoms with Gasteiger partial charge in [-0.15, -0.1) is 6.58 Å². The van der Waals surface area contributed by atoms with E-state index in [1.165, 1.54) is 6.20 Å². The summed E-state index contributed by atoms with van der Waals surface area (Å²) in [5.74, 6) is 1.16. The first-order chi connectivity index (χ1) is 11.2. The molecular weight excluding hydrogens is 292 g/mol. The van der Waals surface area contributed by atoms with E-state index in [0.29, 0.717) is 30.0 Å². The number of nitrogens with zero attached hydrogens (tertiary/aromatic N) is 1. The second kappa shape index (κ2) is 7.98. The molecule has 120 valence electrons. The number of nitrogens with one attached hydrogen (secondary N) is 1. The molecule has 1 aromatic carbocycles. The Morgan fingerprint density at radius 2 is 2.17 bits per heavy atom. The number of carbonyl (C=O) groups excluding carboxylic acids is 1. The summed E-state index contributed by atoms with van der Waals surface area (Å²) in [5, 5.41) is 2.87. The molecule has 1 amide bonds.